The molecule has 2 aromatic heterocycles. The second-order valence-electron chi connectivity index (χ2n) is 7.24. The van der Waals surface area contributed by atoms with E-state index in [1.165, 1.54) is 18.5 Å². The van der Waals surface area contributed by atoms with E-state index in [0.29, 0.717) is 0 Å². The van der Waals surface area contributed by atoms with Gasteiger partial charge in [-0.1, -0.05) is 44.2 Å². The molecule has 0 bridgehead atoms. The Morgan fingerprint density at radius 2 is 1.79 bits per heavy atom. The van der Waals surface area contributed by atoms with E-state index in [1.807, 2.05) is 47.9 Å². The Morgan fingerprint density at radius 1 is 1.04 bits per heavy atom. The zero-order valence-electron chi connectivity index (χ0n) is 17.1. The molecule has 3 nitrogen and oxygen atoms in total. The lowest BCUT2D eigenvalue weighted by Gasteiger charge is -2.19. The summed E-state index contributed by atoms with van der Waals surface area (Å²) in [4.78, 5) is 15.5. The molecule has 3 rings (SSSR count). The van der Waals surface area contributed by atoms with Crippen LogP contribution in [0.15, 0.2) is 54.7 Å². The lowest BCUT2D eigenvalue weighted by Crippen LogP contribution is -2.25. The molecule has 0 aliphatic carbocycles. The fraction of sp³-hybridized carbons (Fsp3) is 0.375. The SMILES string of the molecule is CCCN(CC)CCCc1ccc(C(=O)c2c(C)cc3ccccn23)cc1.Cl. The zero-order chi connectivity index (χ0) is 19.2. The highest BCUT2D eigenvalue weighted by molar-refractivity contribution is 6.09. The Kier molecular flexibility index (Phi) is 8.28. The molecular formula is C24H31ClN2O. The fourth-order valence-corrected chi connectivity index (χ4v) is 3.76. The van der Waals surface area contributed by atoms with Crippen molar-refractivity contribution in [1.82, 2.24) is 9.30 Å². The van der Waals surface area contributed by atoms with E-state index in [0.717, 1.165) is 48.3 Å². The Balaban J connectivity index is 0.00000280. The van der Waals surface area contributed by atoms with Crippen molar-refractivity contribution >= 4 is 23.7 Å². The quantitative estimate of drug-likeness (QED) is 0.440. The highest BCUT2D eigenvalue weighted by Crippen LogP contribution is 2.20. The van der Waals surface area contributed by atoms with Gasteiger partial charge in [0.2, 0.25) is 5.78 Å². The maximum Gasteiger partial charge on any atom is 0.210 e. The van der Waals surface area contributed by atoms with Gasteiger partial charge >= 0.3 is 0 Å². The Labute approximate surface area is 174 Å². The second-order valence-corrected chi connectivity index (χ2v) is 7.24. The minimum Gasteiger partial charge on any atom is -0.313 e. The predicted molar refractivity (Wildman–Crippen MR) is 120 cm³/mol. The average molecular weight is 399 g/mol. The summed E-state index contributed by atoms with van der Waals surface area (Å²) in [5, 5.41) is 0. The molecule has 0 unspecified atom stereocenters. The van der Waals surface area contributed by atoms with Crippen molar-refractivity contribution < 1.29 is 4.79 Å². The molecular weight excluding hydrogens is 368 g/mol. The molecule has 1 aromatic carbocycles. The normalized spacial score (nSPS) is 11.0. The number of aromatic nitrogens is 1. The van der Waals surface area contributed by atoms with Gasteiger partial charge in [0, 0.05) is 17.3 Å². The van der Waals surface area contributed by atoms with E-state index in [4.69, 9.17) is 0 Å². The highest BCUT2D eigenvalue weighted by atomic mass is 35.5. The number of carbonyl (C=O) groups excluding carboxylic acids is 1. The van der Waals surface area contributed by atoms with Crippen molar-refractivity contribution in [2.24, 2.45) is 0 Å². The monoisotopic (exact) mass is 398 g/mol. The molecule has 0 atom stereocenters. The maximum absolute atomic E-state index is 13.0. The molecule has 0 radical (unpaired) electrons. The highest BCUT2D eigenvalue weighted by Gasteiger charge is 2.16. The summed E-state index contributed by atoms with van der Waals surface area (Å²) in [6.45, 7) is 9.89. The summed E-state index contributed by atoms with van der Waals surface area (Å²) in [5.41, 5.74) is 4.90. The minimum atomic E-state index is 0. The summed E-state index contributed by atoms with van der Waals surface area (Å²) in [5.74, 6) is 0.0883. The van der Waals surface area contributed by atoms with Crippen molar-refractivity contribution in [3.63, 3.8) is 0 Å². The number of hydrogen-bond donors (Lipinski definition) is 0. The summed E-state index contributed by atoms with van der Waals surface area (Å²) in [6.07, 6.45) is 5.38. The van der Waals surface area contributed by atoms with Crippen molar-refractivity contribution in [1.29, 1.82) is 0 Å². The average Bonchev–Trinajstić information content (AvgIpc) is 3.03. The third-order valence-electron chi connectivity index (χ3n) is 5.23. The van der Waals surface area contributed by atoms with Gasteiger partial charge in [-0.05, 0) is 75.1 Å². The first-order valence-corrected chi connectivity index (χ1v) is 10.1. The molecule has 150 valence electrons. The van der Waals surface area contributed by atoms with Crippen LogP contribution in [0.25, 0.3) is 5.52 Å². The van der Waals surface area contributed by atoms with Crippen LogP contribution in [0.5, 0.6) is 0 Å². The first kappa shape index (κ1) is 22.2. The molecule has 0 aliphatic rings. The van der Waals surface area contributed by atoms with Crippen molar-refractivity contribution in [3.05, 3.63) is 77.1 Å². The van der Waals surface area contributed by atoms with Crippen LogP contribution in [0.3, 0.4) is 0 Å². The van der Waals surface area contributed by atoms with E-state index >= 15 is 0 Å². The van der Waals surface area contributed by atoms with Gasteiger partial charge in [0.15, 0.2) is 0 Å². The molecule has 28 heavy (non-hydrogen) atoms. The molecule has 0 N–H and O–H groups in total. The molecule has 0 fully saturated rings. The summed E-state index contributed by atoms with van der Waals surface area (Å²) in [6, 6.07) is 16.2. The number of aryl methyl sites for hydroxylation is 2. The van der Waals surface area contributed by atoms with Gasteiger partial charge in [0.1, 0.15) is 0 Å². The van der Waals surface area contributed by atoms with Crippen LogP contribution in [0, 0.1) is 6.92 Å². The predicted octanol–water partition coefficient (Wildman–Crippen LogP) is 5.57. The number of halogens is 1. The molecule has 3 aromatic rings. The van der Waals surface area contributed by atoms with Gasteiger partial charge in [-0.15, -0.1) is 12.4 Å². The number of benzene rings is 1. The van der Waals surface area contributed by atoms with Gasteiger partial charge in [-0.2, -0.15) is 0 Å². The maximum atomic E-state index is 13.0. The van der Waals surface area contributed by atoms with Crippen LogP contribution >= 0.6 is 12.4 Å². The van der Waals surface area contributed by atoms with Crippen LogP contribution in [-0.4, -0.2) is 34.7 Å². The van der Waals surface area contributed by atoms with E-state index in [9.17, 15) is 4.79 Å². The number of fused-ring (bicyclic) bond motifs is 1. The zero-order valence-corrected chi connectivity index (χ0v) is 18.0. The van der Waals surface area contributed by atoms with Gasteiger partial charge in [-0.25, -0.2) is 0 Å². The van der Waals surface area contributed by atoms with Gasteiger partial charge in [-0.3, -0.25) is 4.79 Å². The lowest BCUT2D eigenvalue weighted by molar-refractivity contribution is 0.103. The molecule has 2 heterocycles. The summed E-state index contributed by atoms with van der Waals surface area (Å²) in [7, 11) is 0. The molecule has 0 saturated heterocycles. The number of nitrogens with zero attached hydrogens (tertiary/aromatic N) is 2. The third kappa shape index (κ3) is 5.03. The first-order valence-electron chi connectivity index (χ1n) is 10.1. The van der Waals surface area contributed by atoms with Gasteiger partial charge < -0.3 is 9.30 Å². The van der Waals surface area contributed by atoms with Crippen LogP contribution in [0.2, 0.25) is 0 Å². The lowest BCUT2D eigenvalue weighted by atomic mass is 10.0. The van der Waals surface area contributed by atoms with Crippen molar-refractivity contribution in [3.8, 4) is 0 Å². The number of hydrogen-bond acceptors (Lipinski definition) is 2. The smallest absolute Gasteiger partial charge is 0.210 e. The molecule has 0 spiro atoms. The third-order valence-corrected chi connectivity index (χ3v) is 5.23. The topological polar surface area (TPSA) is 24.7 Å². The Bertz CT molecular complexity index is 899. The fourth-order valence-electron chi connectivity index (χ4n) is 3.76. The largest absolute Gasteiger partial charge is 0.313 e. The first-order chi connectivity index (χ1) is 13.1. The number of ketones is 1. The van der Waals surface area contributed by atoms with Gasteiger partial charge in [0.25, 0.3) is 0 Å². The summed E-state index contributed by atoms with van der Waals surface area (Å²) >= 11 is 0. The standard InChI is InChI=1S/C24H30N2O.ClH/c1-4-15-25(5-2)16-8-9-20-11-13-21(14-12-20)24(27)23-19(3)18-22-10-6-7-17-26(22)23;/h6-7,10-14,17-18H,4-5,8-9,15-16H2,1-3H3;1H. The molecule has 0 aliphatic heterocycles. The van der Waals surface area contributed by atoms with Crippen LogP contribution < -0.4 is 0 Å². The molecule has 4 heteroatoms. The Morgan fingerprint density at radius 3 is 2.46 bits per heavy atom. The van der Waals surface area contributed by atoms with E-state index in [2.05, 4.69) is 36.9 Å². The van der Waals surface area contributed by atoms with Crippen LogP contribution in [-0.2, 0) is 6.42 Å². The van der Waals surface area contributed by atoms with E-state index < -0.39 is 0 Å². The van der Waals surface area contributed by atoms with Crippen LogP contribution in [0.4, 0.5) is 0 Å². The van der Waals surface area contributed by atoms with E-state index in [1.54, 1.807) is 0 Å². The number of carbonyl (C=O) groups is 1. The summed E-state index contributed by atoms with van der Waals surface area (Å²) < 4.78 is 1.98. The minimum absolute atomic E-state index is 0. The number of pyridine rings is 1. The Hall–Kier alpha value is -2.10. The van der Waals surface area contributed by atoms with E-state index in [-0.39, 0.29) is 18.2 Å². The van der Waals surface area contributed by atoms with Crippen molar-refractivity contribution in [2.75, 3.05) is 19.6 Å². The molecule has 0 amide bonds. The number of rotatable bonds is 9. The second kappa shape index (κ2) is 10.4. The van der Waals surface area contributed by atoms with Gasteiger partial charge in [0.05, 0.1) is 5.69 Å². The van der Waals surface area contributed by atoms with Crippen LogP contribution in [0.1, 0.15) is 53.9 Å². The van der Waals surface area contributed by atoms with Crippen molar-refractivity contribution in [2.45, 2.75) is 40.0 Å². The molecule has 0 saturated carbocycles.